The quantitative estimate of drug-likeness (QED) is 0.628. The molecule has 0 aromatic heterocycles. The van der Waals surface area contributed by atoms with Crippen LogP contribution in [0.25, 0.3) is 0 Å². The Morgan fingerprint density at radius 2 is 2.12 bits per heavy atom. The largest absolute Gasteiger partial charge is 0.496 e. The van der Waals surface area contributed by atoms with E-state index in [4.69, 9.17) is 14.7 Å². The monoisotopic (exact) mass is 467 g/mol. The van der Waals surface area contributed by atoms with Crippen LogP contribution in [0.3, 0.4) is 0 Å². The lowest BCUT2D eigenvalue weighted by atomic mass is 9.94. The Bertz CT molecular complexity index is 1170. The number of nitriles is 1. The molecular weight excluding hydrogens is 441 g/mol. The number of amides is 1. The zero-order valence-electron chi connectivity index (χ0n) is 19.1. The van der Waals surface area contributed by atoms with Gasteiger partial charge in [-0.05, 0) is 43.0 Å². The van der Waals surface area contributed by atoms with Gasteiger partial charge in [-0.2, -0.15) is 5.26 Å². The minimum Gasteiger partial charge on any atom is -0.496 e. The molecule has 2 aliphatic heterocycles. The van der Waals surface area contributed by atoms with E-state index in [-0.39, 0.29) is 35.5 Å². The Hall–Kier alpha value is -3.48. The lowest BCUT2D eigenvalue weighted by Crippen LogP contribution is -2.45. The summed E-state index contributed by atoms with van der Waals surface area (Å²) in [5.41, 5.74) is 2.95. The number of methoxy groups -OCH3 is 1. The average molecular weight is 467 g/mol. The first-order valence-electron chi connectivity index (χ1n) is 11.1. The molecule has 0 radical (unpaired) electrons. The highest BCUT2D eigenvalue weighted by Crippen LogP contribution is 2.30. The molecule has 8 nitrogen and oxygen atoms in total. The van der Waals surface area contributed by atoms with Gasteiger partial charge in [-0.3, -0.25) is 4.79 Å². The van der Waals surface area contributed by atoms with E-state index in [2.05, 4.69) is 10.2 Å². The molecule has 2 N–H and O–H groups in total. The van der Waals surface area contributed by atoms with Crippen molar-refractivity contribution >= 4 is 11.9 Å². The fourth-order valence-electron chi connectivity index (χ4n) is 4.58. The van der Waals surface area contributed by atoms with E-state index in [9.17, 15) is 19.1 Å². The van der Waals surface area contributed by atoms with Crippen LogP contribution in [0.15, 0.2) is 24.3 Å². The number of aliphatic hydroxyl groups excluding tert-OH is 1. The van der Waals surface area contributed by atoms with Crippen LogP contribution in [-0.4, -0.2) is 54.7 Å². The van der Waals surface area contributed by atoms with Crippen LogP contribution in [0.5, 0.6) is 5.75 Å². The topological polar surface area (TPSA) is 112 Å². The average Bonchev–Trinajstić information content (AvgIpc) is 3.21. The molecule has 4 rings (SSSR count). The predicted octanol–water partition coefficient (Wildman–Crippen LogP) is 2.61. The SMILES string of the molecule is COc1cc(F)c(C#N)cc1C(=O)NC1CCN(C[C@H](O)c2ccc3c(c2C)COC3=O)CC1. The molecule has 0 spiro atoms. The standard InChI is InChI=1S/C25H26FN3O5/c1-14-17(3-4-18-20(14)13-34-25(18)32)22(30)12-29-7-5-16(6-8-29)28-24(31)19-9-15(11-27)21(26)10-23(19)33-2/h3-4,9-10,16,22,30H,5-8,12-13H2,1-2H3,(H,28,31)/t22-/m0/s1. The second-order valence-corrected chi connectivity index (χ2v) is 8.59. The lowest BCUT2D eigenvalue weighted by Gasteiger charge is -2.34. The highest BCUT2D eigenvalue weighted by Gasteiger charge is 2.28. The summed E-state index contributed by atoms with van der Waals surface area (Å²) < 4.78 is 24.0. The summed E-state index contributed by atoms with van der Waals surface area (Å²) in [6, 6.07) is 7.38. The Balaban J connectivity index is 1.34. The van der Waals surface area contributed by atoms with Crippen molar-refractivity contribution in [3.05, 3.63) is 63.5 Å². The van der Waals surface area contributed by atoms with Crippen LogP contribution in [0, 0.1) is 24.1 Å². The van der Waals surface area contributed by atoms with E-state index in [1.807, 2.05) is 6.92 Å². The molecule has 2 aromatic carbocycles. The fraction of sp³-hybridized carbons (Fsp3) is 0.400. The third-order valence-electron chi connectivity index (χ3n) is 6.58. The number of rotatable bonds is 6. The fourth-order valence-corrected chi connectivity index (χ4v) is 4.58. The summed E-state index contributed by atoms with van der Waals surface area (Å²) >= 11 is 0. The summed E-state index contributed by atoms with van der Waals surface area (Å²) in [6.45, 7) is 3.92. The first-order chi connectivity index (χ1) is 16.3. The van der Waals surface area contributed by atoms with Gasteiger partial charge in [0.2, 0.25) is 0 Å². The Kier molecular flexibility index (Phi) is 6.82. The predicted molar refractivity (Wildman–Crippen MR) is 120 cm³/mol. The number of aliphatic hydroxyl groups is 1. The minimum absolute atomic E-state index is 0.0753. The van der Waals surface area contributed by atoms with Crippen molar-refractivity contribution in [1.29, 1.82) is 5.26 Å². The van der Waals surface area contributed by atoms with Gasteiger partial charge in [-0.1, -0.05) is 6.07 Å². The van der Waals surface area contributed by atoms with Gasteiger partial charge in [0.25, 0.3) is 5.91 Å². The van der Waals surface area contributed by atoms with Crippen molar-refractivity contribution in [2.24, 2.45) is 0 Å². The van der Waals surface area contributed by atoms with Gasteiger partial charge in [0.15, 0.2) is 0 Å². The number of piperidine rings is 1. The summed E-state index contributed by atoms with van der Waals surface area (Å²) in [6.07, 6.45) is 0.650. The molecule has 1 fully saturated rings. The molecule has 34 heavy (non-hydrogen) atoms. The van der Waals surface area contributed by atoms with Gasteiger partial charge in [0, 0.05) is 37.3 Å². The summed E-state index contributed by atoms with van der Waals surface area (Å²) in [7, 11) is 1.34. The number of fused-ring (bicyclic) bond motifs is 1. The van der Waals surface area contributed by atoms with Gasteiger partial charge >= 0.3 is 5.97 Å². The Labute approximate surface area is 196 Å². The summed E-state index contributed by atoms with van der Waals surface area (Å²) in [4.78, 5) is 26.6. The molecule has 0 bridgehead atoms. The number of ether oxygens (including phenoxy) is 2. The number of esters is 1. The maximum atomic E-state index is 13.8. The number of hydrogen-bond acceptors (Lipinski definition) is 7. The molecule has 2 heterocycles. The number of β-amino-alcohol motifs (C(OH)–C–C–N with tert-alkyl or cyclic N) is 1. The van der Waals surface area contributed by atoms with Crippen LogP contribution in [-0.2, 0) is 11.3 Å². The van der Waals surface area contributed by atoms with Gasteiger partial charge in [-0.25, -0.2) is 9.18 Å². The molecule has 0 aliphatic carbocycles. The van der Waals surface area contributed by atoms with Crippen molar-refractivity contribution < 1.29 is 28.6 Å². The Morgan fingerprint density at radius 1 is 1.38 bits per heavy atom. The number of carbonyl (C=O) groups is 2. The van der Waals surface area contributed by atoms with E-state index < -0.39 is 17.8 Å². The van der Waals surface area contributed by atoms with Crippen molar-refractivity contribution in [3.63, 3.8) is 0 Å². The first-order valence-corrected chi connectivity index (χ1v) is 11.1. The maximum Gasteiger partial charge on any atom is 0.338 e. The van der Waals surface area contributed by atoms with E-state index in [1.165, 1.54) is 13.2 Å². The molecule has 2 aromatic rings. The number of cyclic esters (lactones) is 1. The van der Waals surface area contributed by atoms with Gasteiger partial charge in [0.05, 0.1) is 29.9 Å². The van der Waals surface area contributed by atoms with Crippen LogP contribution < -0.4 is 10.1 Å². The van der Waals surface area contributed by atoms with Crippen molar-refractivity contribution in [1.82, 2.24) is 10.2 Å². The number of hydrogen-bond donors (Lipinski definition) is 2. The highest BCUT2D eigenvalue weighted by molar-refractivity contribution is 5.97. The number of carbonyl (C=O) groups excluding carboxylic acids is 2. The lowest BCUT2D eigenvalue weighted by molar-refractivity contribution is 0.0534. The number of nitrogens with one attached hydrogen (secondary N) is 1. The van der Waals surface area contributed by atoms with Crippen LogP contribution in [0.1, 0.15) is 61.9 Å². The second-order valence-electron chi connectivity index (χ2n) is 8.59. The van der Waals surface area contributed by atoms with Gasteiger partial charge in [-0.15, -0.1) is 0 Å². The highest BCUT2D eigenvalue weighted by atomic mass is 19.1. The van der Waals surface area contributed by atoms with E-state index in [0.717, 1.165) is 22.8 Å². The number of benzene rings is 2. The maximum absolute atomic E-state index is 13.8. The van der Waals surface area contributed by atoms with E-state index in [0.29, 0.717) is 38.0 Å². The molecule has 1 saturated heterocycles. The summed E-state index contributed by atoms with van der Waals surface area (Å²) in [5, 5.41) is 22.8. The zero-order chi connectivity index (χ0) is 24.4. The van der Waals surface area contributed by atoms with Gasteiger partial charge < -0.3 is 24.8 Å². The molecule has 0 saturated carbocycles. The smallest absolute Gasteiger partial charge is 0.338 e. The normalized spacial score (nSPS) is 17.0. The second kappa shape index (κ2) is 9.79. The molecule has 1 atom stereocenters. The van der Waals surface area contributed by atoms with E-state index >= 15 is 0 Å². The minimum atomic E-state index is -0.736. The third-order valence-corrected chi connectivity index (χ3v) is 6.58. The molecule has 2 aliphatic rings. The number of halogens is 1. The van der Waals surface area contributed by atoms with Crippen LogP contribution >= 0.6 is 0 Å². The molecule has 9 heteroatoms. The Morgan fingerprint density at radius 3 is 2.79 bits per heavy atom. The molecule has 1 amide bonds. The van der Waals surface area contributed by atoms with E-state index in [1.54, 1.807) is 18.2 Å². The molecular formula is C25H26FN3O5. The number of nitrogens with zero attached hydrogens (tertiary/aromatic N) is 2. The van der Waals surface area contributed by atoms with Crippen LogP contribution in [0.4, 0.5) is 4.39 Å². The van der Waals surface area contributed by atoms with Crippen molar-refractivity contribution in [3.8, 4) is 11.8 Å². The molecule has 0 unspecified atom stereocenters. The molecule has 178 valence electrons. The van der Waals surface area contributed by atoms with Crippen LogP contribution in [0.2, 0.25) is 0 Å². The number of likely N-dealkylation sites (tertiary alicyclic amines) is 1. The summed E-state index contributed by atoms with van der Waals surface area (Å²) in [5.74, 6) is -1.41. The van der Waals surface area contributed by atoms with Gasteiger partial charge in [0.1, 0.15) is 24.2 Å². The van der Waals surface area contributed by atoms with Crippen molar-refractivity contribution in [2.75, 3.05) is 26.7 Å². The zero-order valence-corrected chi connectivity index (χ0v) is 19.1. The first kappa shape index (κ1) is 23.7. The third kappa shape index (κ3) is 4.60. The van der Waals surface area contributed by atoms with Crippen molar-refractivity contribution in [2.45, 2.75) is 38.5 Å².